The van der Waals surface area contributed by atoms with Crippen LogP contribution in [0.15, 0.2) is 0 Å². The number of carbonyl (C=O) groups excluding carboxylic acids is 1. The predicted molar refractivity (Wildman–Crippen MR) is 122 cm³/mol. The standard InChI is InChI=1S/C26H43NO5/c1-15(4-9-23(30)27-14-24(31)32)19-7-8-20-18-6-5-16-12-17(28)10-11-25(16,2)21(18)13-22(29)26(19,20)3/h15-22,28-29H,4-14H2,1-3H3,(H,27,30)(H,31,32)/t15-,16-,17-,18?,19-,20?,21?,22+,25+,26-/m1/s1. The fourth-order valence-electron chi connectivity index (χ4n) is 8.98. The maximum atomic E-state index is 12.0. The summed E-state index contributed by atoms with van der Waals surface area (Å²) < 4.78 is 0. The summed E-state index contributed by atoms with van der Waals surface area (Å²) in [5, 5.41) is 33.0. The normalized spacial score (nSPS) is 46.5. The van der Waals surface area contributed by atoms with Gasteiger partial charge in [0.05, 0.1) is 12.2 Å². The van der Waals surface area contributed by atoms with Crippen molar-refractivity contribution in [2.75, 3.05) is 6.54 Å². The Morgan fingerprint density at radius 2 is 1.78 bits per heavy atom. The van der Waals surface area contributed by atoms with Crippen LogP contribution in [0.25, 0.3) is 0 Å². The number of nitrogens with one attached hydrogen (secondary N) is 1. The van der Waals surface area contributed by atoms with E-state index in [2.05, 4.69) is 26.1 Å². The zero-order valence-electron chi connectivity index (χ0n) is 20.1. The quantitative estimate of drug-likeness (QED) is 0.496. The number of carboxylic acid groups (broad SMARTS) is 1. The maximum absolute atomic E-state index is 12.0. The van der Waals surface area contributed by atoms with Crippen molar-refractivity contribution in [1.82, 2.24) is 5.32 Å². The number of amides is 1. The number of carboxylic acids is 1. The first-order valence-corrected chi connectivity index (χ1v) is 12.9. The molecule has 4 rings (SSSR count). The average Bonchev–Trinajstić information content (AvgIpc) is 3.10. The summed E-state index contributed by atoms with van der Waals surface area (Å²) in [5.41, 5.74) is 0.145. The highest BCUT2D eigenvalue weighted by molar-refractivity contribution is 5.81. The van der Waals surface area contributed by atoms with Crippen LogP contribution >= 0.6 is 0 Å². The third-order valence-electron chi connectivity index (χ3n) is 10.8. The molecule has 10 atom stereocenters. The smallest absolute Gasteiger partial charge is 0.322 e. The van der Waals surface area contributed by atoms with Crippen LogP contribution in [-0.2, 0) is 9.59 Å². The van der Waals surface area contributed by atoms with E-state index in [0.717, 1.165) is 44.9 Å². The molecule has 0 aromatic heterocycles. The Balaban J connectivity index is 1.45. The Morgan fingerprint density at radius 3 is 2.50 bits per heavy atom. The molecular formula is C26H43NO5. The lowest BCUT2D eigenvalue weighted by Crippen LogP contribution is -2.58. The van der Waals surface area contributed by atoms with Gasteiger partial charge in [0.15, 0.2) is 0 Å². The van der Waals surface area contributed by atoms with Gasteiger partial charge in [-0.2, -0.15) is 0 Å². The number of hydrogen-bond donors (Lipinski definition) is 4. The molecule has 0 radical (unpaired) electrons. The van der Waals surface area contributed by atoms with Crippen LogP contribution in [0.1, 0.15) is 85.0 Å². The molecule has 0 aromatic rings. The van der Waals surface area contributed by atoms with Crippen LogP contribution in [0.5, 0.6) is 0 Å². The number of fused-ring (bicyclic) bond motifs is 5. The van der Waals surface area contributed by atoms with E-state index in [4.69, 9.17) is 5.11 Å². The summed E-state index contributed by atoms with van der Waals surface area (Å²) >= 11 is 0. The lowest BCUT2D eigenvalue weighted by atomic mass is 9.43. The highest BCUT2D eigenvalue weighted by Gasteiger charge is 2.63. The van der Waals surface area contributed by atoms with Crippen LogP contribution < -0.4 is 5.32 Å². The highest BCUT2D eigenvalue weighted by atomic mass is 16.4. The molecule has 4 aliphatic carbocycles. The van der Waals surface area contributed by atoms with Crippen molar-refractivity contribution in [3.05, 3.63) is 0 Å². The van der Waals surface area contributed by atoms with Gasteiger partial charge >= 0.3 is 5.97 Å². The fourth-order valence-corrected chi connectivity index (χ4v) is 8.98. The average molecular weight is 450 g/mol. The maximum Gasteiger partial charge on any atom is 0.322 e. The molecule has 4 aliphatic rings. The lowest BCUT2D eigenvalue weighted by Gasteiger charge is -2.62. The first-order chi connectivity index (χ1) is 15.1. The minimum Gasteiger partial charge on any atom is -0.480 e. The third kappa shape index (κ3) is 4.00. The molecule has 0 spiro atoms. The highest BCUT2D eigenvalue weighted by Crippen LogP contribution is 2.68. The van der Waals surface area contributed by atoms with Gasteiger partial charge in [-0.05, 0) is 104 Å². The van der Waals surface area contributed by atoms with Crippen LogP contribution in [0, 0.1) is 46.3 Å². The molecule has 182 valence electrons. The summed E-state index contributed by atoms with van der Waals surface area (Å²) in [5.74, 6) is 1.84. The molecule has 32 heavy (non-hydrogen) atoms. The molecule has 4 saturated carbocycles. The second-order valence-corrected chi connectivity index (χ2v) is 12.1. The van der Waals surface area contributed by atoms with Gasteiger partial charge in [0, 0.05) is 6.42 Å². The Bertz CT molecular complexity index is 727. The van der Waals surface area contributed by atoms with Crippen molar-refractivity contribution in [3.8, 4) is 0 Å². The van der Waals surface area contributed by atoms with Crippen molar-refractivity contribution in [2.45, 2.75) is 97.2 Å². The van der Waals surface area contributed by atoms with E-state index >= 15 is 0 Å². The van der Waals surface area contributed by atoms with E-state index in [0.29, 0.717) is 41.9 Å². The number of aliphatic hydroxyl groups is 2. The van der Waals surface area contributed by atoms with Crippen LogP contribution in [0.3, 0.4) is 0 Å². The Morgan fingerprint density at radius 1 is 1.03 bits per heavy atom. The van der Waals surface area contributed by atoms with Gasteiger partial charge in [0.2, 0.25) is 5.91 Å². The number of aliphatic carboxylic acids is 1. The zero-order chi connectivity index (χ0) is 23.3. The monoisotopic (exact) mass is 449 g/mol. The summed E-state index contributed by atoms with van der Waals surface area (Å²) in [6.07, 6.45) is 9.12. The molecule has 3 unspecified atom stereocenters. The number of rotatable bonds is 6. The van der Waals surface area contributed by atoms with Crippen molar-refractivity contribution >= 4 is 11.9 Å². The van der Waals surface area contributed by atoms with E-state index < -0.39 is 5.97 Å². The van der Waals surface area contributed by atoms with Crippen molar-refractivity contribution in [2.24, 2.45) is 46.3 Å². The minimum absolute atomic E-state index is 0.102. The molecule has 0 aromatic carbocycles. The molecule has 6 nitrogen and oxygen atoms in total. The van der Waals surface area contributed by atoms with Crippen LogP contribution in [0.4, 0.5) is 0 Å². The summed E-state index contributed by atoms with van der Waals surface area (Å²) in [7, 11) is 0. The molecular weight excluding hydrogens is 406 g/mol. The van der Waals surface area contributed by atoms with E-state index in [9.17, 15) is 19.8 Å². The molecule has 6 heteroatoms. The molecule has 0 heterocycles. The summed E-state index contributed by atoms with van der Waals surface area (Å²) in [6.45, 7) is 6.65. The molecule has 0 aliphatic heterocycles. The van der Waals surface area contributed by atoms with Crippen LogP contribution in [-0.4, -0.2) is 45.9 Å². The molecule has 4 fully saturated rings. The number of hydrogen-bond acceptors (Lipinski definition) is 4. The first-order valence-electron chi connectivity index (χ1n) is 12.9. The predicted octanol–water partition coefficient (Wildman–Crippen LogP) is 3.59. The fraction of sp³-hybridized carbons (Fsp3) is 0.923. The van der Waals surface area contributed by atoms with Gasteiger partial charge in [-0.25, -0.2) is 0 Å². The van der Waals surface area contributed by atoms with E-state index in [1.165, 1.54) is 12.8 Å². The largest absolute Gasteiger partial charge is 0.480 e. The van der Waals surface area contributed by atoms with Gasteiger partial charge in [-0.15, -0.1) is 0 Å². The van der Waals surface area contributed by atoms with Gasteiger partial charge in [-0.3, -0.25) is 9.59 Å². The first kappa shape index (κ1) is 24.0. The van der Waals surface area contributed by atoms with Gasteiger partial charge in [0.25, 0.3) is 0 Å². The molecule has 1 amide bonds. The lowest BCUT2D eigenvalue weighted by molar-refractivity contribution is -0.175. The summed E-state index contributed by atoms with van der Waals surface area (Å²) in [6, 6.07) is 0. The van der Waals surface area contributed by atoms with Gasteiger partial charge in [0.1, 0.15) is 6.54 Å². The van der Waals surface area contributed by atoms with Gasteiger partial charge < -0.3 is 20.6 Å². The molecule has 4 N–H and O–H groups in total. The molecule has 0 bridgehead atoms. The second-order valence-electron chi connectivity index (χ2n) is 12.1. The zero-order valence-corrected chi connectivity index (χ0v) is 20.1. The van der Waals surface area contributed by atoms with Crippen LogP contribution in [0.2, 0.25) is 0 Å². The van der Waals surface area contributed by atoms with Crippen molar-refractivity contribution in [3.63, 3.8) is 0 Å². The topological polar surface area (TPSA) is 107 Å². The van der Waals surface area contributed by atoms with E-state index in [-0.39, 0.29) is 35.5 Å². The Labute approximate surface area is 192 Å². The molecule has 0 saturated heterocycles. The second kappa shape index (κ2) is 8.90. The number of carbonyl (C=O) groups is 2. The summed E-state index contributed by atoms with van der Waals surface area (Å²) in [4.78, 5) is 22.7. The van der Waals surface area contributed by atoms with Crippen molar-refractivity contribution in [1.29, 1.82) is 0 Å². The van der Waals surface area contributed by atoms with Crippen molar-refractivity contribution < 1.29 is 24.9 Å². The Kier molecular flexibility index (Phi) is 6.68. The van der Waals surface area contributed by atoms with Gasteiger partial charge in [-0.1, -0.05) is 20.8 Å². The SMILES string of the molecule is C[C@H](CCC(=O)NCC(=O)O)[C@H]1CCC2C3CC[C@@H]4C[C@H](O)CC[C@]4(C)C3C[C@H](O)[C@@]21C. The minimum atomic E-state index is -1.02. The van der Waals surface area contributed by atoms with E-state index in [1.54, 1.807) is 0 Å². The third-order valence-corrected chi connectivity index (χ3v) is 10.8. The number of aliphatic hydroxyl groups excluding tert-OH is 2. The Hall–Kier alpha value is -1.14. The van der Waals surface area contributed by atoms with E-state index in [1.807, 2.05) is 0 Å².